The van der Waals surface area contributed by atoms with Crippen LogP contribution >= 0.6 is 0 Å². The molecule has 5 nitrogen and oxygen atoms in total. The molecule has 0 saturated heterocycles. The molecule has 5 heteroatoms. The molecule has 0 unspecified atom stereocenters. The number of nitrogens with one attached hydrogen (secondary N) is 2. The molecule has 4 N–H and O–H groups in total. The Labute approximate surface area is 95.1 Å². The minimum absolute atomic E-state index is 0.179. The molecule has 0 bridgehead atoms. The van der Waals surface area contributed by atoms with Crippen LogP contribution in [0.1, 0.15) is 25.7 Å². The number of rotatable bonds is 6. The molecule has 0 atom stereocenters. The van der Waals surface area contributed by atoms with E-state index >= 15 is 0 Å². The van der Waals surface area contributed by atoms with Crippen molar-refractivity contribution in [3.05, 3.63) is 0 Å². The molecule has 0 aromatic rings. The lowest BCUT2D eigenvalue weighted by molar-refractivity contribution is -0.119. The van der Waals surface area contributed by atoms with Crippen LogP contribution in [0.2, 0.25) is 0 Å². The largest absolute Gasteiger partial charge is 0.351 e. The molecule has 0 heterocycles. The van der Waals surface area contributed by atoms with Gasteiger partial charge in [-0.3, -0.25) is 10.1 Å². The van der Waals surface area contributed by atoms with Gasteiger partial charge in [0, 0.05) is 0 Å². The summed E-state index contributed by atoms with van der Waals surface area (Å²) in [5.74, 6) is 2.14. The van der Waals surface area contributed by atoms with E-state index < -0.39 is 6.03 Å². The minimum Gasteiger partial charge on any atom is -0.351 e. The van der Waals surface area contributed by atoms with Gasteiger partial charge in [0.1, 0.15) is 0 Å². The fourth-order valence-corrected chi connectivity index (χ4v) is 2.30. The second kappa shape index (κ2) is 4.82. The molecule has 16 heavy (non-hydrogen) atoms. The summed E-state index contributed by atoms with van der Waals surface area (Å²) < 4.78 is 0. The number of primary amides is 1. The quantitative estimate of drug-likeness (QED) is 0.604. The maximum atomic E-state index is 11.1. The van der Waals surface area contributed by atoms with E-state index in [1.165, 1.54) is 25.7 Å². The van der Waals surface area contributed by atoms with Crippen molar-refractivity contribution >= 4 is 11.9 Å². The predicted octanol–water partition coefficient (Wildman–Crippen LogP) is 0.207. The Morgan fingerprint density at radius 3 is 2.19 bits per heavy atom. The SMILES string of the molecule is NC(=O)NC(=O)CNCC(C1CC1)C1CC1. The van der Waals surface area contributed by atoms with Crippen LogP contribution in [-0.2, 0) is 4.79 Å². The number of urea groups is 1. The first-order valence-corrected chi connectivity index (χ1v) is 5.97. The van der Waals surface area contributed by atoms with Crippen LogP contribution in [0, 0.1) is 17.8 Å². The summed E-state index contributed by atoms with van der Waals surface area (Å²) >= 11 is 0. The number of amides is 3. The number of imide groups is 1. The highest BCUT2D eigenvalue weighted by Crippen LogP contribution is 2.48. The van der Waals surface area contributed by atoms with E-state index in [0.29, 0.717) is 0 Å². The molecule has 2 aliphatic carbocycles. The smallest absolute Gasteiger partial charge is 0.318 e. The molecule has 3 amide bonds. The Morgan fingerprint density at radius 1 is 1.19 bits per heavy atom. The van der Waals surface area contributed by atoms with Crippen LogP contribution in [-0.4, -0.2) is 25.0 Å². The number of carbonyl (C=O) groups excluding carboxylic acids is 2. The molecule has 90 valence electrons. The third-order valence-electron chi connectivity index (χ3n) is 3.38. The van der Waals surface area contributed by atoms with E-state index in [2.05, 4.69) is 5.32 Å². The highest BCUT2D eigenvalue weighted by molar-refractivity contribution is 5.94. The fraction of sp³-hybridized carbons (Fsp3) is 0.818. The van der Waals surface area contributed by atoms with Crippen molar-refractivity contribution in [1.29, 1.82) is 0 Å². The van der Waals surface area contributed by atoms with Crippen LogP contribution in [0.15, 0.2) is 0 Å². The zero-order valence-corrected chi connectivity index (χ0v) is 9.37. The summed E-state index contributed by atoms with van der Waals surface area (Å²) in [5, 5.41) is 5.16. The minimum atomic E-state index is -0.785. The lowest BCUT2D eigenvalue weighted by atomic mass is 9.98. The molecule has 0 spiro atoms. The summed E-state index contributed by atoms with van der Waals surface area (Å²) in [5.41, 5.74) is 4.84. The van der Waals surface area contributed by atoms with Crippen LogP contribution in [0.25, 0.3) is 0 Å². The Morgan fingerprint density at radius 2 is 1.75 bits per heavy atom. The summed E-state index contributed by atoms with van der Waals surface area (Å²) in [7, 11) is 0. The molecular formula is C11H19N3O2. The third kappa shape index (κ3) is 3.48. The van der Waals surface area contributed by atoms with Gasteiger partial charge in [0.2, 0.25) is 5.91 Å². The molecule has 0 aromatic carbocycles. The zero-order valence-electron chi connectivity index (χ0n) is 9.37. The van der Waals surface area contributed by atoms with Gasteiger partial charge >= 0.3 is 6.03 Å². The molecule has 2 rings (SSSR count). The van der Waals surface area contributed by atoms with Gasteiger partial charge in [0.15, 0.2) is 0 Å². The van der Waals surface area contributed by atoms with Gasteiger partial charge < -0.3 is 11.1 Å². The third-order valence-corrected chi connectivity index (χ3v) is 3.38. The molecule has 2 saturated carbocycles. The Bertz CT molecular complexity index is 273. The first-order valence-electron chi connectivity index (χ1n) is 5.97. The maximum absolute atomic E-state index is 11.1. The Hall–Kier alpha value is -1.10. The molecule has 0 radical (unpaired) electrons. The van der Waals surface area contributed by atoms with E-state index in [-0.39, 0.29) is 12.5 Å². The fourth-order valence-electron chi connectivity index (χ4n) is 2.30. The number of hydrogen-bond acceptors (Lipinski definition) is 3. The van der Waals surface area contributed by atoms with E-state index in [0.717, 1.165) is 24.3 Å². The number of hydrogen-bond donors (Lipinski definition) is 3. The summed E-state index contributed by atoms with van der Waals surface area (Å²) in [6.45, 7) is 1.07. The topological polar surface area (TPSA) is 84.2 Å². The van der Waals surface area contributed by atoms with E-state index in [4.69, 9.17) is 5.73 Å². The lowest BCUT2D eigenvalue weighted by Gasteiger charge is -2.15. The van der Waals surface area contributed by atoms with Gasteiger partial charge in [-0.15, -0.1) is 0 Å². The summed E-state index contributed by atoms with van der Waals surface area (Å²) in [6.07, 6.45) is 5.37. The van der Waals surface area contributed by atoms with Crippen LogP contribution < -0.4 is 16.4 Å². The molecule has 2 fully saturated rings. The van der Waals surface area contributed by atoms with Gasteiger partial charge in [-0.1, -0.05) is 0 Å². The van der Waals surface area contributed by atoms with Crippen LogP contribution in [0.4, 0.5) is 4.79 Å². The van der Waals surface area contributed by atoms with Gasteiger partial charge in [-0.25, -0.2) is 4.79 Å². The first-order chi connectivity index (χ1) is 7.66. The van der Waals surface area contributed by atoms with Gasteiger partial charge in [0.25, 0.3) is 0 Å². The van der Waals surface area contributed by atoms with Crippen molar-refractivity contribution in [3.63, 3.8) is 0 Å². The zero-order chi connectivity index (χ0) is 11.5. The van der Waals surface area contributed by atoms with Crippen molar-refractivity contribution in [3.8, 4) is 0 Å². The molecule has 0 aromatic heterocycles. The normalized spacial score (nSPS) is 19.8. The van der Waals surface area contributed by atoms with Crippen molar-refractivity contribution in [2.45, 2.75) is 25.7 Å². The second-order valence-corrected chi connectivity index (χ2v) is 4.88. The average Bonchev–Trinajstić information content (AvgIpc) is 3.02. The molecule has 2 aliphatic rings. The molecule has 0 aliphatic heterocycles. The number of nitrogens with two attached hydrogens (primary N) is 1. The summed E-state index contributed by atoms with van der Waals surface area (Å²) in [6, 6.07) is -0.785. The van der Waals surface area contributed by atoms with E-state index in [1.807, 2.05) is 5.32 Å². The lowest BCUT2D eigenvalue weighted by Crippen LogP contribution is -2.41. The van der Waals surface area contributed by atoms with Crippen LogP contribution in [0.3, 0.4) is 0 Å². The maximum Gasteiger partial charge on any atom is 0.318 e. The van der Waals surface area contributed by atoms with E-state index in [9.17, 15) is 9.59 Å². The first kappa shape index (κ1) is 11.4. The monoisotopic (exact) mass is 225 g/mol. The average molecular weight is 225 g/mol. The van der Waals surface area contributed by atoms with Crippen molar-refractivity contribution in [1.82, 2.24) is 10.6 Å². The van der Waals surface area contributed by atoms with Gasteiger partial charge in [0.05, 0.1) is 6.54 Å². The highest BCUT2D eigenvalue weighted by atomic mass is 16.2. The van der Waals surface area contributed by atoms with Crippen molar-refractivity contribution in [2.75, 3.05) is 13.1 Å². The van der Waals surface area contributed by atoms with Gasteiger partial charge in [-0.05, 0) is 50.0 Å². The Balaban J connectivity index is 1.62. The molecular weight excluding hydrogens is 206 g/mol. The van der Waals surface area contributed by atoms with Gasteiger partial charge in [-0.2, -0.15) is 0 Å². The van der Waals surface area contributed by atoms with Crippen molar-refractivity contribution < 1.29 is 9.59 Å². The van der Waals surface area contributed by atoms with E-state index in [1.54, 1.807) is 0 Å². The number of carbonyl (C=O) groups is 2. The second-order valence-electron chi connectivity index (χ2n) is 4.88. The van der Waals surface area contributed by atoms with Crippen molar-refractivity contribution in [2.24, 2.45) is 23.5 Å². The predicted molar refractivity (Wildman–Crippen MR) is 59.5 cm³/mol. The highest BCUT2D eigenvalue weighted by Gasteiger charge is 2.40. The van der Waals surface area contributed by atoms with Crippen LogP contribution in [0.5, 0.6) is 0 Å². The Kier molecular flexibility index (Phi) is 3.43. The summed E-state index contributed by atoms with van der Waals surface area (Å²) in [4.78, 5) is 21.5. The standard InChI is InChI=1S/C11H19N3O2/c12-11(16)14-10(15)6-13-5-9(7-1-2-7)8-3-4-8/h7-9,13H,1-6H2,(H3,12,14,15,16).